The zero-order chi connectivity index (χ0) is 26.8. The van der Waals surface area contributed by atoms with Crippen LogP contribution >= 0.6 is 0 Å². The molecule has 0 saturated carbocycles. The van der Waals surface area contributed by atoms with Crippen molar-refractivity contribution in [1.82, 2.24) is 0 Å². The monoisotopic (exact) mass is 502 g/mol. The van der Waals surface area contributed by atoms with Crippen molar-refractivity contribution in [3.8, 4) is 40.1 Å². The molecule has 0 spiro atoms. The van der Waals surface area contributed by atoms with E-state index in [0.29, 0.717) is 23.3 Å². The normalized spacial score (nSPS) is 19.5. The van der Waals surface area contributed by atoms with E-state index >= 15 is 0 Å². The van der Waals surface area contributed by atoms with Crippen molar-refractivity contribution in [2.45, 2.75) is 58.5 Å². The average Bonchev–Trinajstić information content (AvgIpc) is 2.80. The number of benzene rings is 2. The molecule has 2 atom stereocenters. The molecule has 1 aromatic heterocycles. The van der Waals surface area contributed by atoms with Crippen molar-refractivity contribution in [2.75, 3.05) is 0 Å². The fraction of sp³-hybridized carbons (Fsp3) is 0.300. The second kappa shape index (κ2) is 8.47. The van der Waals surface area contributed by atoms with Gasteiger partial charge < -0.3 is 29.6 Å². The van der Waals surface area contributed by atoms with Gasteiger partial charge in [0.15, 0.2) is 22.5 Å². The molecule has 2 heterocycles. The van der Waals surface area contributed by atoms with Gasteiger partial charge in [-0.05, 0) is 59.1 Å². The predicted molar refractivity (Wildman–Crippen MR) is 143 cm³/mol. The molecule has 192 valence electrons. The Morgan fingerprint density at radius 2 is 1.86 bits per heavy atom. The lowest BCUT2D eigenvalue weighted by atomic mass is 9.77. The molecule has 2 aromatic carbocycles. The van der Waals surface area contributed by atoms with E-state index in [1.54, 1.807) is 6.92 Å². The van der Waals surface area contributed by atoms with Crippen molar-refractivity contribution in [2.24, 2.45) is 0 Å². The molecular formula is C30H30O7. The van der Waals surface area contributed by atoms with Gasteiger partial charge in [-0.25, -0.2) is 0 Å². The molecule has 3 aromatic rings. The van der Waals surface area contributed by atoms with Crippen LogP contribution in [-0.4, -0.2) is 26.0 Å². The maximum absolute atomic E-state index is 13.7. The van der Waals surface area contributed by atoms with Gasteiger partial charge in [-0.15, -0.1) is 0 Å². The third-order valence-corrected chi connectivity index (χ3v) is 7.25. The first-order valence-corrected chi connectivity index (χ1v) is 12.2. The molecule has 1 aliphatic heterocycles. The van der Waals surface area contributed by atoms with Gasteiger partial charge in [0.2, 0.25) is 0 Å². The van der Waals surface area contributed by atoms with E-state index in [4.69, 9.17) is 9.15 Å². The summed E-state index contributed by atoms with van der Waals surface area (Å²) >= 11 is 0. The molecule has 1 aliphatic carbocycles. The standard InChI is InChI=1S/C30H30O7/c1-14(2)7-6-9-30(5)10-8-16-22(37-30)13-20(32)25-26(34)18-11-17(15(3)4)23-24(29(18)36-28(16)25)19(31)12-21(33)27(23)35/h7-8,10,12-13,17,31-33,35H,3,6,9,11H2,1-2,4-5H3/t17-,30+/m1/s1. The molecule has 0 fully saturated rings. The Morgan fingerprint density at radius 1 is 1.14 bits per heavy atom. The number of aromatic hydroxyl groups is 4. The van der Waals surface area contributed by atoms with Crippen LogP contribution in [0.4, 0.5) is 0 Å². The lowest BCUT2D eigenvalue weighted by Gasteiger charge is -2.32. The molecule has 0 unspecified atom stereocenters. The van der Waals surface area contributed by atoms with Crippen LogP contribution in [0.5, 0.6) is 28.7 Å². The van der Waals surface area contributed by atoms with Crippen molar-refractivity contribution in [1.29, 1.82) is 0 Å². The molecule has 7 nitrogen and oxygen atoms in total. The molecular weight excluding hydrogens is 472 g/mol. The number of ether oxygens (including phenoxy) is 1. The second-order valence-corrected chi connectivity index (χ2v) is 10.5. The SMILES string of the molecule is C=C(C)[C@H]1Cc2c(oc3c4c(cc(O)c3c2=O)O[C@@](C)(CCC=C(C)C)C=C4)-c2c(O)cc(O)c(O)c21. The number of phenolic OH excluding ortho intramolecular Hbond substituents is 4. The number of hydrogen-bond donors (Lipinski definition) is 4. The summed E-state index contributed by atoms with van der Waals surface area (Å²) in [5.74, 6) is -1.57. The second-order valence-electron chi connectivity index (χ2n) is 10.5. The van der Waals surface area contributed by atoms with Gasteiger partial charge in [-0.1, -0.05) is 23.8 Å². The van der Waals surface area contributed by atoms with E-state index in [1.165, 1.54) is 11.6 Å². The van der Waals surface area contributed by atoms with Gasteiger partial charge in [0.05, 0.1) is 11.1 Å². The number of allylic oxidation sites excluding steroid dienone is 3. The van der Waals surface area contributed by atoms with Crippen LogP contribution in [0, 0.1) is 0 Å². The van der Waals surface area contributed by atoms with Crippen LogP contribution in [0.2, 0.25) is 0 Å². The van der Waals surface area contributed by atoms with Crippen molar-refractivity contribution >= 4 is 17.0 Å². The highest BCUT2D eigenvalue weighted by Crippen LogP contribution is 2.53. The van der Waals surface area contributed by atoms with Crippen LogP contribution in [0.25, 0.3) is 28.4 Å². The van der Waals surface area contributed by atoms with E-state index in [2.05, 4.69) is 12.7 Å². The van der Waals surface area contributed by atoms with Crippen LogP contribution in [-0.2, 0) is 6.42 Å². The number of phenols is 4. The summed E-state index contributed by atoms with van der Waals surface area (Å²) in [5.41, 5.74) is 2.02. The highest BCUT2D eigenvalue weighted by molar-refractivity contribution is 5.96. The van der Waals surface area contributed by atoms with Crippen LogP contribution < -0.4 is 10.2 Å². The number of fused-ring (bicyclic) bond motifs is 6. The first-order valence-electron chi connectivity index (χ1n) is 12.2. The molecule has 4 N–H and O–H groups in total. The van der Waals surface area contributed by atoms with E-state index in [-0.39, 0.29) is 51.3 Å². The minimum absolute atomic E-state index is 0.0188. The van der Waals surface area contributed by atoms with Crippen molar-refractivity contribution < 1.29 is 29.6 Å². The van der Waals surface area contributed by atoms with Gasteiger partial charge in [-0.2, -0.15) is 0 Å². The highest BCUT2D eigenvalue weighted by Gasteiger charge is 2.37. The molecule has 0 saturated heterocycles. The van der Waals surface area contributed by atoms with Crippen LogP contribution in [0.1, 0.15) is 63.1 Å². The van der Waals surface area contributed by atoms with Gasteiger partial charge in [-0.3, -0.25) is 4.79 Å². The summed E-state index contributed by atoms with van der Waals surface area (Å²) < 4.78 is 12.6. The summed E-state index contributed by atoms with van der Waals surface area (Å²) in [6.07, 6.45) is 7.53. The minimum Gasteiger partial charge on any atom is -0.507 e. The molecule has 7 heteroatoms. The zero-order valence-electron chi connectivity index (χ0n) is 21.3. The van der Waals surface area contributed by atoms with Gasteiger partial charge in [0.1, 0.15) is 34.0 Å². The lowest BCUT2D eigenvalue weighted by Crippen LogP contribution is -2.31. The summed E-state index contributed by atoms with van der Waals surface area (Å²) in [7, 11) is 0. The fourth-order valence-corrected chi connectivity index (χ4v) is 5.31. The summed E-state index contributed by atoms with van der Waals surface area (Å²) in [6, 6.07) is 2.46. The minimum atomic E-state index is -0.615. The van der Waals surface area contributed by atoms with E-state index in [1.807, 2.05) is 32.9 Å². The fourth-order valence-electron chi connectivity index (χ4n) is 5.31. The molecule has 0 radical (unpaired) electrons. The molecule has 5 rings (SSSR count). The van der Waals surface area contributed by atoms with Crippen LogP contribution in [0.3, 0.4) is 0 Å². The van der Waals surface area contributed by atoms with Crippen LogP contribution in [0.15, 0.2) is 51.2 Å². The Balaban J connectivity index is 1.75. The molecule has 0 bridgehead atoms. The zero-order valence-corrected chi connectivity index (χ0v) is 21.3. The third-order valence-electron chi connectivity index (χ3n) is 7.25. The molecule has 2 aliphatic rings. The lowest BCUT2D eigenvalue weighted by molar-refractivity contribution is 0.128. The van der Waals surface area contributed by atoms with Gasteiger partial charge in [0.25, 0.3) is 0 Å². The quantitative estimate of drug-likeness (QED) is 0.185. The molecule has 37 heavy (non-hydrogen) atoms. The Kier molecular flexibility index (Phi) is 5.62. The first kappa shape index (κ1) is 24.6. The van der Waals surface area contributed by atoms with Gasteiger partial charge >= 0.3 is 0 Å². The summed E-state index contributed by atoms with van der Waals surface area (Å²) in [4.78, 5) is 13.7. The third kappa shape index (κ3) is 3.86. The van der Waals surface area contributed by atoms with E-state index < -0.39 is 28.4 Å². The van der Waals surface area contributed by atoms with Gasteiger partial charge in [0, 0.05) is 29.2 Å². The topological polar surface area (TPSA) is 120 Å². The largest absolute Gasteiger partial charge is 0.507 e. The smallest absolute Gasteiger partial charge is 0.200 e. The average molecular weight is 503 g/mol. The Bertz CT molecular complexity index is 1600. The Labute approximate surface area is 214 Å². The van der Waals surface area contributed by atoms with Crippen molar-refractivity contribution in [3.05, 3.63) is 68.9 Å². The highest BCUT2D eigenvalue weighted by atomic mass is 16.5. The summed E-state index contributed by atoms with van der Waals surface area (Å²) in [5, 5.41) is 42.6. The predicted octanol–water partition coefficient (Wildman–Crippen LogP) is 6.41. The Hall–Kier alpha value is -4.13. The number of hydrogen-bond acceptors (Lipinski definition) is 7. The maximum atomic E-state index is 13.7. The van der Waals surface area contributed by atoms with E-state index in [9.17, 15) is 25.2 Å². The van der Waals surface area contributed by atoms with Crippen molar-refractivity contribution in [3.63, 3.8) is 0 Å². The Morgan fingerprint density at radius 3 is 2.54 bits per heavy atom. The summed E-state index contributed by atoms with van der Waals surface area (Å²) in [6.45, 7) is 11.8. The van der Waals surface area contributed by atoms with E-state index in [0.717, 1.165) is 12.5 Å². The molecule has 0 amide bonds. The maximum Gasteiger partial charge on any atom is 0.200 e. The first-order chi connectivity index (χ1) is 17.4. The number of rotatable bonds is 4.